The van der Waals surface area contributed by atoms with Crippen molar-refractivity contribution >= 4 is 23.0 Å². The van der Waals surface area contributed by atoms with Gasteiger partial charge in [-0.25, -0.2) is 0 Å². The number of likely N-dealkylation sites (N-methyl/N-ethyl adjacent to an activating group) is 1. The average molecular weight is 357 g/mol. The minimum Gasteiger partial charge on any atom is -0.339 e. The number of hydrogen-bond acceptors (Lipinski definition) is 3. The molecule has 1 aromatic carbocycles. The Morgan fingerprint density at radius 3 is 2.60 bits per heavy atom. The van der Waals surface area contributed by atoms with Crippen molar-refractivity contribution in [2.24, 2.45) is 0 Å². The highest BCUT2D eigenvalue weighted by Crippen LogP contribution is 2.20. The minimum atomic E-state index is 0.107. The molecule has 0 bridgehead atoms. The summed E-state index contributed by atoms with van der Waals surface area (Å²) in [6, 6.07) is 14.5. The molecule has 4 nitrogen and oxygen atoms in total. The quantitative estimate of drug-likeness (QED) is 0.759. The first-order valence-electron chi connectivity index (χ1n) is 8.73. The van der Waals surface area contributed by atoms with Crippen LogP contribution in [0.4, 0.5) is 5.69 Å². The Morgan fingerprint density at radius 1 is 1.16 bits per heavy atom. The topological polar surface area (TPSA) is 31.4 Å². The Labute approximate surface area is 156 Å². The second-order valence-electron chi connectivity index (χ2n) is 6.41. The van der Waals surface area contributed by atoms with Crippen LogP contribution < -0.4 is 5.32 Å². The SMILES string of the molecule is CCc1cccc(NC(=S)N(CCN(C)C)[C@H](C)c2ccccn2)c1. The van der Waals surface area contributed by atoms with Crippen LogP contribution in [0.2, 0.25) is 0 Å². The first kappa shape index (κ1) is 19.3. The van der Waals surface area contributed by atoms with Crippen molar-refractivity contribution in [3.63, 3.8) is 0 Å². The van der Waals surface area contributed by atoms with Crippen molar-refractivity contribution < 1.29 is 0 Å². The summed E-state index contributed by atoms with van der Waals surface area (Å²) in [5.41, 5.74) is 3.35. The van der Waals surface area contributed by atoms with E-state index in [2.05, 4.69) is 72.3 Å². The molecule has 0 aliphatic carbocycles. The molecule has 0 spiro atoms. The van der Waals surface area contributed by atoms with E-state index >= 15 is 0 Å². The van der Waals surface area contributed by atoms with E-state index in [1.807, 2.05) is 24.4 Å². The van der Waals surface area contributed by atoms with E-state index in [0.717, 1.165) is 36.0 Å². The lowest BCUT2D eigenvalue weighted by atomic mass is 10.1. The van der Waals surface area contributed by atoms with Gasteiger partial charge in [-0.1, -0.05) is 25.1 Å². The Hall–Kier alpha value is -1.98. The molecule has 25 heavy (non-hydrogen) atoms. The summed E-state index contributed by atoms with van der Waals surface area (Å²) in [6.07, 6.45) is 2.84. The molecule has 1 N–H and O–H groups in total. The van der Waals surface area contributed by atoms with Gasteiger partial charge in [-0.05, 0) is 69.5 Å². The van der Waals surface area contributed by atoms with Gasteiger partial charge < -0.3 is 15.1 Å². The number of pyridine rings is 1. The monoisotopic (exact) mass is 356 g/mol. The fourth-order valence-electron chi connectivity index (χ4n) is 2.63. The van der Waals surface area contributed by atoms with Crippen LogP contribution in [0.25, 0.3) is 0 Å². The molecule has 2 aromatic rings. The summed E-state index contributed by atoms with van der Waals surface area (Å²) in [7, 11) is 4.15. The molecule has 0 amide bonds. The van der Waals surface area contributed by atoms with Gasteiger partial charge in [-0.3, -0.25) is 4.98 Å². The lowest BCUT2D eigenvalue weighted by Gasteiger charge is -2.32. The smallest absolute Gasteiger partial charge is 0.174 e. The van der Waals surface area contributed by atoms with Gasteiger partial charge >= 0.3 is 0 Å². The first-order chi connectivity index (χ1) is 12.0. The molecule has 0 aliphatic heterocycles. The van der Waals surface area contributed by atoms with Crippen molar-refractivity contribution in [1.29, 1.82) is 0 Å². The third-order valence-corrected chi connectivity index (χ3v) is 4.56. The molecule has 0 fully saturated rings. The molecule has 134 valence electrons. The average Bonchev–Trinajstić information content (AvgIpc) is 2.62. The standard InChI is InChI=1S/C20H28N4S/c1-5-17-9-8-10-18(15-17)22-20(25)24(14-13-23(3)4)16(2)19-11-6-7-12-21-19/h6-12,15-16H,5,13-14H2,1-4H3,(H,22,25)/t16-/m1/s1. The summed E-state index contributed by atoms with van der Waals surface area (Å²) in [4.78, 5) is 8.87. The zero-order chi connectivity index (χ0) is 18.2. The van der Waals surface area contributed by atoms with Crippen LogP contribution in [0.3, 0.4) is 0 Å². The van der Waals surface area contributed by atoms with Crippen LogP contribution in [0.15, 0.2) is 48.7 Å². The number of aryl methyl sites for hydroxylation is 1. The molecule has 1 atom stereocenters. The lowest BCUT2D eigenvalue weighted by molar-refractivity contribution is 0.286. The number of anilines is 1. The molecule has 1 aromatic heterocycles. The van der Waals surface area contributed by atoms with E-state index in [-0.39, 0.29) is 6.04 Å². The van der Waals surface area contributed by atoms with Crippen LogP contribution in [-0.4, -0.2) is 47.1 Å². The van der Waals surface area contributed by atoms with Crippen molar-refractivity contribution in [3.8, 4) is 0 Å². The van der Waals surface area contributed by atoms with Gasteiger partial charge in [-0.2, -0.15) is 0 Å². The maximum absolute atomic E-state index is 5.73. The van der Waals surface area contributed by atoms with E-state index in [9.17, 15) is 0 Å². The number of benzene rings is 1. The number of thiocarbonyl (C=S) groups is 1. The number of hydrogen-bond donors (Lipinski definition) is 1. The predicted octanol–water partition coefficient (Wildman–Crippen LogP) is 3.97. The van der Waals surface area contributed by atoms with Crippen LogP contribution in [0, 0.1) is 0 Å². The van der Waals surface area contributed by atoms with E-state index in [4.69, 9.17) is 12.2 Å². The van der Waals surface area contributed by atoms with Crippen molar-refractivity contribution in [2.75, 3.05) is 32.5 Å². The maximum Gasteiger partial charge on any atom is 0.174 e. The molecular weight excluding hydrogens is 328 g/mol. The van der Waals surface area contributed by atoms with Crippen molar-refractivity contribution in [1.82, 2.24) is 14.8 Å². The first-order valence-corrected chi connectivity index (χ1v) is 9.14. The Kier molecular flexibility index (Phi) is 7.34. The molecule has 0 unspecified atom stereocenters. The van der Waals surface area contributed by atoms with Crippen molar-refractivity contribution in [3.05, 3.63) is 59.9 Å². The highest BCUT2D eigenvalue weighted by Gasteiger charge is 2.20. The number of rotatable bonds is 7. The zero-order valence-corrected chi connectivity index (χ0v) is 16.4. The molecule has 0 radical (unpaired) electrons. The van der Waals surface area contributed by atoms with E-state index in [0.29, 0.717) is 0 Å². The molecule has 0 saturated carbocycles. The zero-order valence-electron chi connectivity index (χ0n) is 15.6. The van der Waals surface area contributed by atoms with Gasteiger partial charge in [0.1, 0.15) is 0 Å². The van der Waals surface area contributed by atoms with E-state index in [1.165, 1.54) is 5.56 Å². The number of nitrogens with zero attached hydrogens (tertiary/aromatic N) is 3. The van der Waals surface area contributed by atoms with Crippen LogP contribution in [0.1, 0.15) is 31.1 Å². The summed E-state index contributed by atoms with van der Waals surface area (Å²) in [5.74, 6) is 0. The molecule has 0 aliphatic rings. The highest BCUT2D eigenvalue weighted by molar-refractivity contribution is 7.80. The van der Waals surface area contributed by atoms with Crippen LogP contribution in [-0.2, 0) is 6.42 Å². The summed E-state index contributed by atoms with van der Waals surface area (Å²) < 4.78 is 0. The Balaban J connectivity index is 2.17. The van der Waals surface area contributed by atoms with E-state index in [1.54, 1.807) is 0 Å². The maximum atomic E-state index is 5.73. The molecular formula is C20H28N4S. The summed E-state index contributed by atoms with van der Waals surface area (Å²) >= 11 is 5.73. The molecule has 2 rings (SSSR count). The fourth-order valence-corrected chi connectivity index (χ4v) is 2.99. The number of aromatic nitrogens is 1. The fraction of sp³-hybridized carbons (Fsp3) is 0.400. The van der Waals surface area contributed by atoms with Gasteiger partial charge in [0.2, 0.25) is 0 Å². The third kappa shape index (κ3) is 5.80. The second-order valence-corrected chi connectivity index (χ2v) is 6.80. The van der Waals surface area contributed by atoms with Gasteiger partial charge in [0.05, 0.1) is 11.7 Å². The molecule has 0 saturated heterocycles. The summed E-state index contributed by atoms with van der Waals surface area (Å²) in [5, 5.41) is 4.13. The third-order valence-electron chi connectivity index (χ3n) is 4.22. The van der Waals surface area contributed by atoms with Gasteiger partial charge in [0, 0.05) is 25.0 Å². The lowest BCUT2D eigenvalue weighted by Crippen LogP contribution is -2.41. The highest BCUT2D eigenvalue weighted by atomic mass is 32.1. The largest absolute Gasteiger partial charge is 0.339 e. The molecule has 5 heteroatoms. The van der Waals surface area contributed by atoms with Gasteiger partial charge in [-0.15, -0.1) is 0 Å². The number of nitrogens with one attached hydrogen (secondary N) is 1. The second kappa shape index (κ2) is 9.49. The van der Waals surface area contributed by atoms with Crippen LogP contribution in [0.5, 0.6) is 0 Å². The van der Waals surface area contributed by atoms with Crippen LogP contribution >= 0.6 is 12.2 Å². The minimum absolute atomic E-state index is 0.107. The van der Waals surface area contributed by atoms with E-state index < -0.39 is 0 Å². The normalized spacial score (nSPS) is 12.0. The van der Waals surface area contributed by atoms with Crippen molar-refractivity contribution in [2.45, 2.75) is 26.3 Å². The van der Waals surface area contributed by atoms with Gasteiger partial charge in [0.25, 0.3) is 0 Å². The summed E-state index contributed by atoms with van der Waals surface area (Å²) in [6.45, 7) is 6.07. The van der Waals surface area contributed by atoms with Gasteiger partial charge in [0.15, 0.2) is 5.11 Å². The predicted molar refractivity (Wildman–Crippen MR) is 110 cm³/mol. The Bertz CT molecular complexity index is 672. The Morgan fingerprint density at radius 2 is 1.96 bits per heavy atom. The molecule has 1 heterocycles.